The molecule has 284 valence electrons. The lowest BCUT2D eigenvalue weighted by Gasteiger charge is -2.29. The minimum atomic E-state index is -0.0529. The molecule has 0 saturated heterocycles. The third-order valence-corrected chi connectivity index (χ3v) is 12.3. The van der Waals surface area contributed by atoms with Gasteiger partial charge in [0.1, 0.15) is 5.58 Å². The van der Waals surface area contributed by atoms with Crippen molar-refractivity contribution in [1.82, 2.24) is 0 Å². The highest BCUT2D eigenvalue weighted by Gasteiger charge is 2.27. The van der Waals surface area contributed by atoms with E-state index in [9.17, 15) is 0 Å². The molecule has 1 aliphatic rings. The summed E-state index contributed by atoms with van der Waals surface area (Å²) in [6.07, 6.45) is 0. The minimum Gasteiger partial charge on any atom is -0.454 e. The van der Waals surface area contributed by atoms with Crippen molar-refractivity contribution in [2.24, 2.45) is 0 Å². The summed E-state index contributed by atoms with van der Waals surface area (Å²) in [5.41, 5.74) is 17.4. The van der Waals surface area contributed by atoms with Crippen LogP contribution in [0, 0.1) is 13.8 Å². The monoisotopic (exact) mass is 760 g/mol. The van der Waals surface area contributed by atoms with E-state index in [1.807, 2.05) is 0 Å². The van der Waals surface area contributed by atoms with Crippen LogP contribution in [0.15, 0.2) is 180 Å². The number of furan rings is 1. The van der Waals surface area contributed by atoms with Gasteiger partial charge in [-0.1, -0.05) is 118 Å². The molecule has 3 heteroatoms. The predicted octanol–water partition coefficient (Wildman–Crippen LogP) is 16.4. The zero-order valence-corrected chi connectivity index (χ0v) is 34.0. The summed E-state index contributed by atoms with van der Waals surface area (Å²) < 4.78 is 6.91. The number of benzene rings is 9. The second-order valence-corrected chi connectivity index (χ2v) is 17.1. The molecule has 59 heavy (non-hydrogen) atoms. The number of fused-ring (bicyclic) bond motifs is 9. The minimum absolute atomic E-state index is 0.0529. The molecule has 10 aromatic rings. The molecule has 0 radical (unpaired) electrons. The van der Waals surface area contributed by atoms with E-state index in [0.717, 1.165) is 44.7 Å². The molecule has 11 rings (SSSR count). The van der Waals surface area contributed by atoms with Gasteiger partial charge in [-0.3, -0.25) is 0 Å². The van der Waals surface area contributed by atoms with Gasteiger partial charge in [0.2, 0.25) is 0 Å². The standard InChI is InChI=1S/C56H44N2O/c1-35-15-9-11-22-51(35)58(52-23-12-10-16-36(52)2)43-28-26-38-32-47-46-31-37-25-27-42(29-39(37)33-48(46)49(47)34-40(38)30-43)57(41-17-7-6-8-18-41)53-24-14-20-45-44-19-13-21-50(56(3,4)5)54(44)59-55(45)53/h6-34H,1-5H3. The fourth-order valence-electron chi connectivity index (χ4n) is 9.29. The van der Waals surface area contributed by atoms with E-state index in [-0.39, 0.29) is 5.41 Å². The Kier molecular flexibility index (Phi) is 7.87. The van der Waals surface area contributed by atoms with Crippen LogP contribution in [0.3, 0.4) is 0 Å². The van der Waals surface area contributed by atoms with E-state index >= 15 is 0 Å². The zero-order chi connectivity index (χ0) is 40.0. The Morgan fingerprint density at radius 3 is 1.41 bits per heavy atom. The maximum Gasteiger partial charge on any atom is 0.159 e. The SMILES string of the molecule is Cc1ccccc1N(c1ccc2cc3c(cc2c1)-c1cc2cc(N(c4ccccc4)c4cccc5c4oc4c(C(C)(C)C)cccc45)ccc2cc1-3)c1ccccc1C. The molecule has 0 amide bonds. The van der Waals surface area contributed by atoms with E-state index in [1.54, 1.807) is 0 Å². The zero-order valence-electron chi connectivity index (χ0n) is 34.0. The van der Waals surface area contributed by atoms with E-state index in [0.29, 0.717) is 0 Å². The first kappa shape index (κ1) is 35.1. The summed E-state index contributed by atoms with van der Waals surface area (Å²) in [5.74, 6) is 0. The largest absolute Gasteiger partial charge is 0.454 e. The molecule has 0 spiro atoms. The first-order chi connectivity index (χ1) is 28.7. The predicted molar refractivity (Wildman–Crippen MR) is 251 cm³/mol. The third kappa shape index (κ3) is 5.64. The number of nitrogens with zero attached hydrogens (tertiary/aromatic N) is 2. The fourth-order valence-corrected chi connectivity index (χ4v) is 9.29. The van der Waals surface area contributed by atoms with Gasteiger partial charge in [0.25, 0.3) is 0 Å². The van der Waals surface area contributed by atoms with Crippen LogP contribution in [-0.4, -0.2) is 0 Å². The van der Waals surface area contributed by atoms with Crippen molar-refractivity contribution < 1.29 is 4.42 Å². The van der Waals surface area contributed by atoms with Crippen LogP contribution >= 0.6 is 0 Å². The lowest BCUT2D eigenvalue weighted by atomic mass is 9.78. The third-order valence-electron chi connectivity index (χ3n) is 12.3. The van der Waals surface area contributed by atoms with Crippen LogP contribution in [0.2, 0.25) is 0 Å². The van der Waals surface area contributed by atoms with Gasteiger partial charge >= 0.3 is 0 Å². The summed E-state index contributed by atoms with van der Waals surface area (Å²) in [5, 5.41) is 7.19. The highest BCUT2D eigenvalue weighted by atomic mass is 16.3. The molecule has 1 aliphatic carbocycles. The first-order valence-electron chi connectivity index (χ1n) is 20.6. The Morgan fingerprint density at radius 1 is 0.373 bits per heavy atom. The smallest absolute Gasteiger partial charge is 0.159 e. The Bertz CT molecular complexity index is 3250. The van der Waals surface area contributed by atoms with Crippen molar-refractivity contribution in [3.05, 3.63) is 193 Å². The topological polar surface area (TPSA) is 19.6 Å². The number of hydrogen-bond donors (Lipinski definition) is 0. The molecule has 1 heterocycles. The lowest BCUT2D eigenvalue weighted by Crippen LogP contribution is -2.12. The summed E-state index contributed by atoms with van der Waals surface area (Å²) >= 11 is 0. The van der Waals surface area contributed by atoms with E-state index in [1.165, 1.54) is 71.9 Å². The molecule has 0 bridgehead atoms. The van der Waals surface area contributed by atoms with Crippen LogP contribution in [0.1, 0.15) is 37.5 Å². The molecule has 9 aromatic carbocycles. The lowest BCUT2D eigenvalue weighted by molar-refractivity contribution is 0.573. The van der Waals surface area contributed by atoms with Gasteiger partial charge in [0, 0.05) is 44.8 Å². The average Bonchev–Trinajstić information content (AvgIpc) is 3.64. The van der Waals surface area contributed by atoms with E-state index in [4.69, 9.17) is 4.42 Å². The van der Waals surface area contributed by atoms with Gasteiger partial charge in [-0.15, -0.1) is 0 Å². The average molecular weight is 761 g/mol. The van der Waals surface area contributed by atoms with Crippen LogP contribution in [0.4, 0.5) is 34.1 Å². The van der Waals surface area contributed by atoms with Crippen molar-refractivity contribution in [2.45, 2.75) is 40.0 Å². The molecule has 3 nitrogen and oxygen atoms in total. The van der Waals surface area contributed by atoms with Crippen LogP contribution < -0.4 is 9.80 Å². The number of rotatable bonds is 6. The number of hydrogen-bond acceptors (Lipinski definition) is 3. The van der Waals surface area contributed by atoms with Gasteiger partial charge in [-0.2, -0.15) is 0 Å². The number of aryl methyl sites for hydroxylation is 2. The second kappa shape index (κ2) is 13.2. The molecule has 0 aliphatic heterocycles. The first-order valence-corrected chi connectivity index (χ1v) is 20.6. The Balaban J connectivity index is 1.03. The molecule has 0 saturated carbocycles. The highest BCUT2D eigenvalue weighted by Crippen LogP contribution is 2.52. The van der Waals surface area contributed by atoms with Crippen molar-refractivity contribution in [1.29, 1.82) is 0 Å². The summed E-state index contributed by atoms with van der Waals surface area (Å²) in [7, 11) is 0. The van der Waals surface area contributed by atoms with E-state index in [2.05, 4.69) is 220 Å². The van der Waals surface area contributed by atoms with Crippen LogP contribution in [0.25, 0.3) is 65.7 Å². The van der Waals surface area contributed by atoms with Gasteiger partial charge in [-0.25, -0.2) is 0 Å². The van der Waals surface area contributed by atoms with Gasteiger partial charge in [0.15, 0.2) is 5.58 Å². The molecule has 0 unspecified atom stereocenters. The Hall–Kier alpha value is -7.10. The molecular formula is C56H44N2O. The quantitative estimate of drug-likeness (QED) is 0.168. The van der Waals surface area contributed by atoms with Crippen molar-refractivity contribution in [2.75, 3.05) is 9.80 Å². The Labute approximate surface area is 345 Å². The summed E-state index contributed by atoms with van der Waals surface area (Å²) in [6.45, 7) is 11.1. The molecule has 0 fully saturated rings. The summed E-state index contributed by atoms with van der Waals surface area (Å²) in [6, 6.07) is 64.3. The Morgan fingerprint density at radius 2 is 0.847 bits per heavy atom. The molecule has 0 atom stereocenters. The van der Waals surface area contributed by atoms with Crippen molar-refractivity contribution in [3.63, 3.8) is 0 Å². The maximum absolute atomic E-state index is 6.91. The van der Waals surface area contributed by atoms with Crippen LogP contribution in [-0.2, 0) is 5.41 Å². The van der Waals surface area contributed by atoms with Gasteiger partial charge in [0.05, 0.1) is 5.69 Å². The van der Waals surface area contributed by atoms with Crippen molar-refractivity contribution >= 4 is 77.6 Å². The fraction of sp³-hybridized carbons (Fsp3) is 0.107. The molecular weight excluding hydrogens is 717 g/mol. The summed E-state index contributed by atoms with van der Waals surface area (Å²) in [4.78, 5) is 4.75. The molecule has 1 aromatic heterocycles. The van der Waals surface area contributed by atoms with Gasteiger partial charge < -0.3 is 14.2 Å². The van der Waals surface area contributed by atoms with Crippen LogP contribution in [0.5, 0.6) is 0 Å². The van der Waals surface area contributed by atoms with Gasteiger partial charge in [-0.05, 0) is 153 Å². The number of para-hydroxylation sites is 5. The highest BCUT2D eigenvalue weighted by molar-refractivity contribution is 6.14. The van der Waals surface area contributed by atoms with Crippen molar-refractivity contribution in [3.8, 4) is 22.3 Å². The van der Waals surface area contributed by atoms with E-state index < -0.39 is 0 Å². The normalized spacial score (nSPS) is 12.2. The maximum atomic E-state index is 6.91. The molecule has 0 N–H and O–H groups in total. The second-order valence-electron chi connectivity index (χ2n) is 17.1. The number of anilines is 6.